The van der Waals surface area contributed by atoms with Crippen molar-refractivity contribution in [2.24, 2.45) is 0 Å². The standard InChI is InChI=1S/C20H24Se/c1-2-3-6-13-19(16-18-11-7-4-8-12-18)17-21-20-14-9-5-10-15-20/h4-5,7-12,14-16H,2-3,6,13,17H2,1H3/b19-16-. The Morgan fingerprint density at radius 3 is 2.24 bits per heavy atom. The van der Waals surface area contributed by atoms with Gasteiger partial charge in [-0.3, -0.25) is 0 Å². The number of unbranched alkanes of at least 4 members (excludes halogenated alkanes) is 2. The summed E-state index contributed by atoms with van der Waals surface area (Å²) in [6, 6.07) is 21.6. The van der Waals surface area contributed by atoms with Crippen molar-refractivity contribution in [3.8, 4) is 0 Å². The van der Waals surface area contributed by atoms with Crippen molar-refractivity contribution in [1.82, 2.24) is 0 Å². The molecule has 2 aromatic rings. The Morgan fingerprint density at radius 2 is 1.57 bits per heavy atom. The Morgan fingerprint density at radius 1 is 0.905 bits per heavy atom. The summed E-state index contributed by atoms with van der Waals surface area (Å²) in [7, 11) is 0. The van der Waals surface area contributed by atoms with E-state index >= 15 is 0 Å². The summed E-state index contributed by atoms with van der Waals surface area (Å²) in [5, 5.41) is 1.23. The summed E-state index contributed by atoms with van der Waals surface area (Å²) >= 11 is 0.550. The van der Waals surface area contributed by atoms with E-state index in [0.717, 1.165) is 0 Å². The van der Waals surface area contributed by atoms with Gasteiger partial charge in [-0.15, -0.1) is 0 Å². The van der Waals surface area contributed by atoms with E-state index < -0.39 is 0 Å². The van der Waals surface area contributed by atoms with Gasteiger partial charge < -0.3 is 0 Å². The number of benzene rings is 2. The van der Waals surface area contributed by atoms with Crippen LogP contribution in [0, 0.1) is 0 Å². The fourth-order valence-electron chi connectivity index (χ4n) is 2.27. The van der Waals surface area contributed by atoms with E-state index in [1.165, 1.54) is 41.0 Å². The van der Waals surface area contributed by atoms with Crippen LogP contribution in [0.2, 0.25) is 5.32 Å². The predicted octanol–water partition coefficient (Wildman–Crippen LogP) is 5.10. The van der Waals surface area contributed by atoms with E-state index in [4.69, 9.17) is 0 Å². The van der Waals surface area contributed by atoms with E-state index in [0.29, 0.717) is 15.0 Å². The monoisotopic (exact) mass is 344 g/mol. The van der Waals surface area contributed by atoms with Crippen molar-refractivity contribution in [2.45, 2.75) is 37.9 Å². The molecule has 0 bridgehead atoms. The number of allylic oxidation sites excluding steroid dienone is 1. The molecule has 0 heterocycles. The third-order valence-electron chi connectivity index (χ3n) is 3.44. The van der Waals surface area contributed by atoms with E-state index in [1.807, 2.05) is 0 Å². The SMILES string of the molecule is CCCCC/C(=C/c1ccccc1)C[Se]c1ccccc1. The van der Waals surface area contributed by atoms with Crippen LogP contribution in [0.1, 0.15) is 38.2 Å². The molecule has 2 rings (SSSR count). The second kappa shape index (κ2) is 9.60. The van der Waals surface area contributed by atoms with Gasteiger partial charge in [-0.25, -0.2) is 0 Å². The minimum atomic E-state index is 0.550. The van der Waals surface area contributed by atoms with Gasteiger partial charge in [0, 0.05) is 0 Å². The Hall–Kier alpha value is -1.30. The fraction of sp³-hybridized carbons (Fsp3) is 0.300. The molecule has 0 saturated carbocycles. The number of rotatable bonds is 8. The van der Waals surface area contributed by atoms with Gasteiger partial charge in [-0.1, -0.05) is 0 Å². The van der Waals surface area contributed by atoms with Crippen LogP contribution in [-0.4, -0.2) is 15.0 Å². The van der Waals surface area contributed by atoms with Crippen molar-refractivity contribution in [1.29, 1.82) is 0 Å². The molecule has 0 amide bonds. The molecular weight excluding hydrogens is 319 g/mol. The molecule has 0 atom stereocenters. The topological polar surface area (TPSA) is 0 Å². The summed E-state index contributed by atoms with van der Waals surface area (Å²) in [6.07, 6.45) is 7.60. The molecule has 0 nitrogen and oxygen atoms in total. The van der Waals surface area contributed by atoms with Crippen LogP contribution in [0.4, 0.5) is 0 Å². The molecule has 0 N–H and O–H groups in total. The van der Waals surface area contributed by atoms with E-state index in [1.54, 1.807) is 5.57 Å². The first-order chi connectivity index (χ1) is 10.4. The van der Waals surface area contributed by atoms with Gasteiger partial charge in [-0.05, 0) is 0 Å². The van der Waals surface area contributed by atoms with Gasteiger partial charge >= 0.3 is 135 Å². The molecule has 0 spiro atoms. The van der Waals surface area contributed by atoms with E-state index in [2.05, 4.69) is 73.7 Å². The third kappa shape index (κ3) is 6.33. The van der Waals surface area contributed by atoms with Crippen LogP contribution in [0.3, 0.4) is 0 Å². The van der Waals surface area contributed by atoms with Crippen LogP contribution < -0.4 is 4.46 Å². The fourth-order valence-corrected chi connectivity index (χ4v) is 4.22. The zero-order chi connectivity index (χ0) is 14.8. The maximum absolute atomic E-state index is 2.40. The first kappa shape index (κ1) is 16.1. The molecule has 0 aliphatic carbocycles. The van der Waals surface area contributed by atoms with E-state index in [9.17, 15) is 0 Å². The summed E-state index contributed by atoms with van der Waals surface area (Å²) in [5.74, 6) is 0. The van der Waals surface area contributed by atoms with Crippen LogP contribution in [0.15, 0.2) is 66.2 Å². The zero-order valence-electron chi connectivity index (χ0n) is 12.8. The molecule has 110 valence electrons. The Labute approximate surface area is 135 Å². The summed E-state index contributed by atoms with van der Waals surface area (Å²) in [4.78, 5) is 0. The first-order valence-electron chi connectivity index (χ1n) is 7.81. The molecular formula is C20H24Se. The Bertz CT molecular complexity index is 528. The van der Waals surface area contributed by atoms with Crippen molar-refractivity contribution >= 4 is 25.5 Å². The summed E-state index contributed by atoms with van der Waals surface area (Å²) in [5.41, 5.74) is 2.95. The Balaban J connectivity index is 1.99. The number of hydrogen-bond acceptors (Lipinski definition) is 0. The molecule has 0 aromatic heterocycles. The zero-order valence-corrected chi connectivity index (χ0v) is 14.5. The van der Waals surface area contributed by atoms with Gasteiger partial charge in [0.05, 0.1) is 0 Å². The van der Waals surface area contributed by atoms with Crippen molar-refractivity contribution in [2.75, 3.05) is 0 Å². The molecule has 0 radical (unpaired) electrons. The average Bonchev–Trinajstić information content (AvgIpc) is 2.54. The normalized spacial score (nSPS) is 11.6. The molecule has 0 fully saturated rings. The number of hydrogen-bond donors (Lipinski definition) is 0. The van der Waals surface area contributed by atoms with Crippen LogP contribution in [-0.2, 0) is 0 Å². The molecule has 1 heteroatoms. The predicted molar refractivity (Wildman–Crippen MR) is 95.2 cm³/mol. The van der Waals surface area contributed by atoms with Crippen LogP contribution in [0.5, 0.6) is 0 Å². The maximum atomic E-state index is 2.40. The molecule has 0 saturated heterocycles. The van der Waals surface area contributed by atoms with Crippen molar-refractivity contribution < 1.29 is 0 Å². The van der Waals surface area contributed by atoms with Gasteiger partial charge in [0.15, 0.2) is 0 Å². The second-order valence-electron chi connectivity index (χ2n) is 5.27. The van der Waals surface area contributed by atoms with Gasteiger partial charge in [0.2, 0.25) is 0 Å². The van der Waals surface area contributed by atoms with Crippen molar-refractivity contribution in [3.05, 3.63) is 71.8 Å². The summed E-state index contributed by atoms with van der Waals surface area (Å²) < 4.78 is 1.50. The van der Waals surface area contributed by atoms with Crippen molar-refractivity contribution in [3.63, 3.8) is 0 Å². The molecule has 2 aromatic carbocycles. The third-order valence-corrected chi connectivity index (χ3v) is 5.79. The Kier molecular flexibility index (Phi) is 7.35. The van der Waals surface area contributed by atoms with Gasteiger partial charge in [0.1, 0.15) is 0 Å². The first-order valence-corrected chi connectivity index (χ1v) is 9.87. The van der Waals surface area contributed by atoms with Gasteiger partial charge in [-0.2, -0.15) is 0 Å². The molecule has 21 heavy (non-hydrogen) atoms. The second-order valence-corrected chi connectivity index (χ2v) is 7.47. The van der Waals surface area contributed by atoms with E-state index in [-0.39, 0.29) is 0 Å². The molecule has 0 unspecified atom stereocenters. The molecule has 0 aliphatic heterocycles. The van der Waals surface area contributed by atoms with Crippen LogP contribution in [0.25, 0.3) is 6.08 Å². The average molecular weight is 343 g/mol. The summed E-state index contributed by atoms with van der Waals surface area (Å²) in [6.45, 7) is 2.27. The minimum absolute atomic E-state index is 0.550. The quantitative estimate of drug-likeness (QED) is 0.462. The van der Waals surface area contributed by atoms with Crippen LogP contribution >= 0.6 is 0 Å². The van der Waals surface area contributed by atoms with Gasteiger partial charge in [0.25, 0.3) is 0 Å². The molecule has 0 aliphatic rings.